The first-order valence-electron chi connectivity index (χ1n) is 10.5. The van der Waals surface area contributed by atoms with Crippen LogP contribution >= 0.6 is 11.6 Å². The van der Waals surface area contributed by atoms with Crippen LogP contribution in [0.5, 0.6) is 5.75 Å². The van der Waals surface area contributed by atoms with Gasteiger partial charge in [-0.2, -0.15) is 4.39 Å². The number of carboxylic acids is 1. The lowest BCUT2D eigenvalue weighted by atomic mass is 9.87. The predicted octanol–water partition coefficient (Wildman–Crippen LogP) is 3.80. The summed E-state index contributed by atoms with van der Waals surface area (Å²) < 4.78 is 34.4. The van der Waals surface area contributed by atoms with E-state index in [1.54, 1.807) is 24.3 Å². The van der Waals surface area contributed by atoms with Crippen molar-refractivity contribution in [3.63, 3.8) is 0 Å². The van der Waals surface area contributed by atoms with E-state index in [9.17, 15) is 23.2 Å². The molecule has 7 nitrogen and oxygen atoms in total. The van der Waals surface area contributed by atoms with Crippen molar-refractivity contribution < 1.29 is 33.0 Å². The lowest BCUT2D eigenvalue weighted by Crippen LogP contribution is -2.35. The zero-order valence-corrected chi connectivity index (χ0v) is 18.3. The predicted molar refractivity (Wildman–Crippen MR) is 116 cm³/mol. The molecule has 0 heterocycles. The van der Waals surface area contributed by atoms with Gasteiger partial charge in [0.05, 0.1) is 17.6 Å². The summed E-state index contributed by atoms with van der Waals surface area (Å²) in [5.41, 5.74) is -0.0932. The van der Waals surface area contributed by atoms with Gasteiger partial charge in [0, 0.05) is 23.7 Å². The Bertz CT molecular complexity index is 1020. The summed E-state index contributed by atoms with van der Waals surface area (Å²) in [6.07, 6.45) is 1.22. The lowest BCUT2D eigenvalue weighted by Gasteiger charge is -2.27. The largest absolute Gasteiger partial charge is 0.487 e. The highest BCUT2D eigenvalue weighted by molar-refractivity contribution is 6.30. The van der Waals surface area contributed by atoms with Crippen LogP contribution in [0.2, 0.25) is 5.02 Å². The Labute approximate surface area is 194 Å². The zero-order valence-electron chi connectivity index (χ0n) is 17.6. The summed E-state index contributed by atoms with van der Waals surface area (Å²) in [6.45, 7) is 0.0851. The molecule has 0 spiro atoms. The molecule has 0 unspecified atom stereocenters. The van der Waals surface area contributed by atoms with Gasteiger partial charge in [-0.15, -0.1) is 0 Å². The fourth-order valence-electron chi connectivity index (χ4n) is 3.56. The second-order valence-electron chi connectivity index (χ2n) is 7.69. The van der Waals surface area contributed by atoms with Crippen molar-refractivity contribution >= 4 is 29.4 Å². The Hall–Kier alpha value is -3.20. The normalized spacial score (nSPS) is 17.8. The number of carbonyl (C=O) groups excluding carboxylic acids is 2. The van der Waals surface area contributed by atoms with Crippen LogP contribution in [0.15, 0.2) is 36.4 Å². The van der Waals surface area contributed by atoms with Crippen molar-refractivity contribution in [2.75, 3.05) is 13.1 Å². The minimum Gasteiger partial charge on any atom is -0.487 e. The van der Waals surface area contributed by atoms with Gasteiger partial charge in [0.25, 0.3) is 11.8 Å². The first kappa shape index (κ1) is 24.4. The molecule has 0 radical (unpaired) electrons. The average molecular weight is 481 g/mol. The van der Waals surface area contributed by atoms with Gasteiger partial charge in [-0.05, 0) is 62.1 Å². The SMILES string of the molecule is O=C(NCCNC(=O)c1ccc(O[C@H]2CC[C@@H](C(=O)O)CC2)c(F)c1F)c1ccc(Cl)cc1. The molecule has 2 aromatic rings. The van der Waals surface area contributed by atoms with Crippen LogP contribution in [0.3, 0.4) is 0 Å². The molecule has 0 bridgehead atoms. The van der Waals surface area contributed by atoms with Crippen LogP contribution in [-0.4, -0.2) is 42.1 Å². The standard InChI is InChI=1S/C23H23ClF2N2O5/c24-15-5-1-13(2-6-15)21(29)27-11-12-28-22(30)17-9-10-18(20(26)19(17)25)33-16-7-3-14(4-8-16)23(31)32/h1-2,5-6,9-10,14,16H,3-4,7-8,11-12H2,(H,27,29)(H,28,30)(H,31,32)/t14-,16+. The third-order valence-electron chi connectivity index (χ3n) is 5.41. The first-order valence-corrected chi connectivity index (χ1v) is 10.8. The van der Waals surface area contributed by atoms with Crippen LogP contribution in [0.1, 0.15) is 46.4 Å². The Morgan fingerprint density at radius 3 is 2.12 bits per heavy atom. The van der Waals surface area contributed by atoms with E-state index in [-0.39, 0.29) is 24.7 Å². The number of aliphatic carboxylic acids is 1. The molecule has 33 heavy (non-hydrogen) atoms. The fourth-order valence-corrected chi connectivity index (χ4v) is 3.68. The van der Waals surface area contributed by atoms with Gasteiger partial charge in [-0.3, -0.25) is 14.4 Å². The fraction of sp³-hybridized carbons (Fsp3) is 0.348. The summed E-state index contributed by atoms with van der Waals surface area (Å²) in [5, 5.41) is 14.5. The molecule has 1 saturated carbocycles. The lowest BCUT2D eigenvalue weighted by molar-refractivity contribution is -0.143. The first-order chi connectivity index (χ1) is 15.8. The molecule has 3 rings (SSSR count). The Balaban J connectivity index is 1.49. The van der Waals surface area contributed by atoms with Gasteiger partial charge in [0.1, 0.15) is 0 Å². The Kier molecular flexibility index (Phi) is 8.21. The number of hydrogen-bond acceptors (Lipinski definition) is 4. The molecule has 0 aliphatic heterocycles. The van der Waals surface area contributed by atoms with Gasteiger partial charge < -0.3 is 20.5 Å². The molecule has 0 saturated heterocycles. The number of rotatable bonds is 8. The van der Waals surface area contributed by atoms with E-state index in [0.717, 1.165) is 6.07 Å². The highest BCUT2D eigenvalue weighted by Crippen LogP contribution is 2.30. The van der Waals surface area contributed by atoms with E-state index in [1.165, 1.54) is 6.07 Å². The molecule has 2 aromatic carbocycles. The van der Waals surface area contributed by atoms with Crippen molar-refractivity contribution in [3.8, 4) is 5.75 Å². The number of hydrogen-bond donors (Lipinski definition) is 3. The van der Waals surface area contributed by atoms with Crippen LogP contribution < -0.4 is 15.4 Å². The molecule has 176 valence electrons. The van der Waals surface area contributed by atoms with Crippen LogP contribution in [0, 0.1) is 17.6 Å². The van der Waals surface area contributed by atoms with Crippen LogP contribution in [-0.2, 0) is 4.79 Å². The molecule has 1 fully saturated rings. The van der Waals surface area contributed by atoms with Crippen LogP contribution in [0.4, 0.5) is 8.78 Å². The van der Waals surface area contributed by atoms with Gasteiger partial charge in [0.15, 0.2) is 11.6 Å². The van der Waals surface area contributed by atoms with E-state index in [0.29, 0.717) is 36.3 Å². The van der Waals surface area contributed by atoms with Crippen molar-refractivity contribution in [3.05, 3.63) is 64.2 Å². The van der Waals surface area contributed by atoms with E-state index in [2.05, 4.69) is 10.6 Å². The van der Waals surface area contributed by atoms with Crippen molar-refractivity contribution in [2.45, 2.75) is 31.8 Å². The molecule has 1 aliphatic rings. The Morgan fingerprint density at radius 1 is 0.909 bits per heavy atom. The van der Waals surface area contributed by atoms with Crippen molar-refractivity contribution in [1.29, 1.82) is 0 Å². The maximum atomic E-state index is 14.5. The third-order valence-corrected chi connectivity index (χ3v) is 5.66. The smallest absolute Gasteiger partial charge is 0.306 e. The summed E-state index contributed by atoms with van der Waals surface area (Å²) in [7, 11) is 0. The highest BCUT2D eigenvalue weighted by Gasteiger charge is 2.28. The van der Waals surface area contributed by atoms with E-state index >= 15 is 0 Å². The molecule has 0 aromatic heterocycles. The minimum absolute atomic E-state index is 0.00426. The van der Waals surface area contributed by atoms with E-state index in [1.807, 2.05) is 0 Å². The number of halogens is 3. The summed E-state index contributed by atoms with van der Waals surface area (Å²) in [5.74, 6) is -5.46. The molecule has 1 aliphatic carbocycles. The number of carboxylic acid groups (broad SMARTS) is 1. The van der Waals surface area contributed by atoms with Gasteiger partial charge in [-0.1, -0.05) is 11.6 Å². The maximum Gasteiger partial charge on any atom is 0.306 e. The minimum atomic E-state index is -1.34. The zero-order chi connectivity index (χ0) is 24.0. The number of carbonyl (C=O) groups is 3. The number of amides is 2. The number of ether oxygens (including phenoxy) is 1. The second kappa shape index (κ2) is 11.1. The summed E-state index contributed by atoms with van der Waals surface area (Å²) in [4.78, 5) is 35.2. The van der Waals surface area contributed by atoms with E-state index < -0.39 is 41.1 Å². The van der Waals surface area contributed by atoms with Gasteiger partial charge >= 0.3 is 5.97 Å². The average Bonchev–Trinajstić information content (AvgIpc) is 2.80. The highest BCUT2D eigenvalue weighted by atomic mass is 35.5. The monoisotopic (exact) mass is 480 g/mol. The molecule has 3 N–H and O–H groups in total. The summed E-state index contributed by atoms with van der Waals surface area (Å²) in [6, 6.07) is 8.55. The van der Waals surface area contributed by atoms with E-state index in [4.69, 9.17) is 21.4 Å². The van der Waals surface area contributed by atoms with Crippen LogP contribution in [0.25, 0.3) is 0 Å². The molecular weight excluding hydrogens is 458 g/mol. The van der Waals surface area contributed by atoms with Gasteiger partial charge in [-0.25, -0.2) is 4.39 Å². The molecule has 10 heteroatoms. The number of nitrogens with one attached hydrogen (secondary N) is 2. The second-order valence-corrected chi connectivity index (χ2v) is 8.12. The molecule has 0 atom stereocenters. The third kappa shape index (κ3) is 6.41. The molecular formula is C23H23ClF2N2O5. The molecule has 2 amide bonds. The Morgan fingerprint density at radius 2 is 1.52 bits per heavy atom. The van der Waals surface area contributed by atoms with Gasteiger partial charge in [0.2, 0.25) is 5.82 Å². The van der Waals surface area contributed by atoms with Crippen molar-refractivity contribution in [2.24, 2.45) is 5.92 Å². The van der Waals surface area contributed by atoms with Crippen molar-refractivity contribution in [1.82, 2.24) is 10.6 Å². The topological polar surface area (TPSA) is 105 Å². The quantitative estimate of drug-likeness (QED) is 0.498. The maximum absolute atomic E-state index is 14.5. The number of benzene rings is 2. The summed E-state index contributed by atoms with van der Waals surface area (Å²) >= 11 is 5.77.